The van der Waals surface area contributed by atoms with Crippen LogP contribution in [-0.4, -0.2) is 14.3 Å². The van der Waals surface area contributed by atoms with Gasteiger partial charge in [-0.25, -0.2) is 8.42 Å². The Balaban J connectivity index is 2.04. The van der Waals surface area contributed by atoms with Gasteiger partial charge in [0.2, 0.25) is 0 Å². The van der Waals surface area contributed by atoms with E-state index in [0.717, 1.165) is 29.7 Å². The summed E-state index contributed by atoms with van der Waals surface area (Å²) in [5, 5.41) is 0.405. The molecule has 0 spiro atoms. The molecule has 2 aromatic rings. The Kier molecular flexibility index (Phi) is 4.59. The lowest BCUT2D eigenvalue weighted by Crippen LogP contribution is -2.19. The minimum atomic E-state index is -3.89. The van der Waals surface area contributed by atoms with E-state index in [0.29, 0.717) is 5.92 Å². The van der Waals surface area contributed by atoms with Crippen LogP contribution in [0.4, 0.5) is 5.00 Å². The second kappa shape index (κ2) is 6.38. The third-order valence-electron chi connectivity index (χ3n) is 4.11. The number of hydrogen-bond donors (Lipinski definition) is 2. The molecule has 0 radical (unpaired) electrons. The molecule has 1 heterocycles. The summed E-state index contributed by atoms with van der Waals surface area (Å²) < 4.78 is 27.8. The second-order valence-electron chi connectivity index (χ2n) is 5.96. The van der Waals surface area contributed by atoms with Crippen molar-refractivity contribution in [1.29, 1.82) is 0 Å². The molecule has 1 unspecified atom stereocenters. The van der Waals surface area contributed by atoms with Gasteiger partial charge in [0.15, 0.2) is 0 Å². The second-order valence-corrected chi connectivity index (χ2v) is 9.12. The zero-order valence-corrected chi connectivity index (χ0v) is 15.4. The molecule has 3 N–H and O–H groups in total. The molecular weight excluding hydrogens is 368 g/mol. The smallest absolute Gasteiger partial charge is 0.264 e. The third kappa shape index (κ3) is 3.16. The lowest BCUT2D eigenvalue weighted by atomic mass is 9.88. The summed E-state index contributed by atoms with van der Waals surface area (Å²) in [5.41, 5.74) is 6.68. The van der Waals surface area contributed by atoms with Crippen LogP contribution in [0.25, 0.3) is 0 Å². The number of anilines is 1. The Morgan fingerprint density at radius 3 is 2.75 bits per heavy atom. The van der Waals surface area contributed by atoms with Crippen molar-refractivity contribution in [2.24, 2.45) is 11.7 Å². The van der Waals surface area contributed by atoms with Gasteiger partial charge in [-0.3, -0.25) is 9.52 Å². The molecule has 0 saturated carbocycles. The molecule has 1 aliphatic carbocycles. The average molecular weight is 385 g/mol. The van der Waals surface area contributed by atoms with Crippen LogP contribution < -0.4 is 10.5 Å². The molecule has 1 aromatic heterocycles. The Labute approximate surface area is 149 Å². The highest BCUT2D eigenvalue weighted by Crippen LogP contribution is 2.40. The first-order valence-corrected chi connectivity index (χ1v) is 10.2. The van der Waals surface area contributed by atoms with Crippen molar-refractivity contribution >= 4 is 43.9 Å². The highest BCUT2D eigenvalue weighted by atomic mass is 35.5. The van der Waals surface area contributed by atoms with E-state index in [9.17, 15) is 13.2 Å². The molecule has 0 bridgehead atoms. The Hall–Kier alpha value is -1.57. The first-order chi connectivity index (χ1) is 11.3. The van der Waals surface area contributed by atoms with Gasteiger partial charge < -0.3 is 5.73 Å². The predicted molar refractivity (Wildman–Crippen MR) is 96.3 cm³/mol. The van der Waals surface area contributed by atoms with Crippen molar-refractivity contribution in [1.82, 2.24) is 0 Å². The molecule has 128 valence electrons. The summed E-state index contributed by atoms with van der Waals surface area (Å²) in [6.45, 7) is 2.14. The van der Waals surface area contributed by atoms with Crippen LogP contribution in [0.15, 0.2) is 29.2 Å². The van der Waals surface area contributed by atoms with Crippen LogP contribution in [0.3, 0.4) is 0 Å². The van der Waals surface area contributed by atoms with Crippen LogP contribution in [0.1, 0.15) is 34.1 Å². The SMILES string of the molecule is CC1CCc2c(sc(NS(=O)(=O)c3ccccc3Cl)c2C(N)=O)C1. The van der Waals surface area contributed by atoms with E-state index in [1.165, 1.54) is 23.5 Å². The molecule has 24 heavy (non-hydrogen) atoms. The number of thiophene rings is 1. The zero-order valence-electron chi connectivity index (χ0n) is 13.0. The standard InChI is InChI=1S/C16H17ClN2O3S2/c1-9-6-7-10-12(8-9)23-16(14(10)15(18)20)19-24(21,22)13-5-3-2-4-11(13)17/h2-5,9,19H,6-8H2,1H3,(H2,18,20). The molecule has 1 aromatic carbocycles. The van der Waals surface area contributed by atoms with Gasteiger partial charge in [-0.1, -0.05) is 30.7 Å². The van der Waals surface area contributed by atoms with Crippen LogP contribution in [-0.2, 0) is 22.9 Å². The zero-order chi connectivity index (χ0) is 17.5. The van der Waals surface area contributed by atoms with Gasteiger partial charge in [-0.15, -0.1) is 11.3 Å². The van der Waals surface area contributed by atoms with Crippen molar-refractivity contribution in [3.63, 3.8) is 0 Å². The van der Waals surface area contributed by atoms with Crippen molar-refractivity contribution < 1.29 is 13.2 Å². The van der Waals surface area contributed by atoms with Crippen molar-refractivity contribution in [2.75, 3.05) is 4.72 Å². The summed E-state index contributed by atoms with van der Waals surface area (Å²) in [6, 6.07) is 6.18. The van der Waals surface area contributed by atoms with Crippen molar-refractivity contribution in [2.45, 2.75) is 31.1 Å². The van der Waals surface area contributed by atoms with Gasteiger partial charge in [-0.05, 0) is 42.9 Å². The van der Waals surface area contributed by atoms with E-state index >= 15 is 0 Å². The number of hydrogen-bond acceptors (Lipinski definition) is 4. The number of fused-ring (bicyclic) bond motifs is 1. The molecule has 1 amide bonds. The molecule has 8 heteroatoms. The fraction of sp³-hybridized carbons (Fsp3) is 0.312. The fourth-order valence-electron chi connectivity index (χ4n) is 2.92. The molecule has 1 aliphatic rings. The maximum atomic E-state index is 12.6. The van der Waals surface area contributed by atoms with Crippen LogP contribution in [0.5, 0.6) is 0 Å². The maximum Gasteiger partial charge on any atom is 0.264 e. The number of benzene rings is 1. The summed E-state index contributed by atoms with van der Waals surface area (Å²) in [5.74, 6) is -0.108. The molecular formula is C16H17ClN2O3S2. The van der Waals surface area contributed by atoms with Gasteiger partial charge in [-0.2, -0.15) is 0 Å². The average Bonchev–Trinajstić information content (AvgIpc) is 2.83. The van der Waals surface area contributed by atoms with Crippen molar-refractivity contribution in [3.05, 3.63) is 45.3 Å². The first kappa shape index (κ1) is 17.3. The monoisotopic (exact) mass is 384 g/mol. The molecule has 0 saturated heterocycles. The minimum Gasteiger partial charge on any atom is -0.365 e. The molecule has 1 atom stereocenters. The lowest BCUT2D eigenvalue weighted by molar-refractivity contribution is 0.100. The fourth-order valence-corrected chi connectivity index (χ4v) is 6.17. The largest absolute Gasteiger partial charge is 0.365 e. The van der Waals surface area contributed by atoms with Crippen molar-refractivity contribution in [3.8, 4) is 0 Å². The third-order valence-corrected chi connectivity index (χ3v) is 7.26. The Morgan fingerprint density at radius 1 is 1.38 bits per heavy atom. The predicted octanol–water partition coefficient (Wildman–Crippen LogP) is 3.43. The number of sulfonamides is 1. The summed E-state index contributed by atoms with van der Waals surface area (Å²) >= 11 is 7.28. The Bertz CT molecular complexity index is 906. The highest BCUT2D eigenvalue weighted by Gasteiger charge is 2.29. The minimum absolute atomic E-state index is 0.0261. The topological polar surface area (TPSA) is 89.3 Å². The highest BCUT2D eigenvalue weighted by molar-refractivity contribution is 7.93. The van der Waals surface area contributed by atoms with Crippen LogP contribution in [0.2, 0.25) is 5.02 Å². The van der Waals surface area contributed by atoms with Crippen LogP contribution in [0, 0.1) is 5.92 Å². The maximum absolute atomic E-state index is 12.6. The lowest BCUT2D eigenvalue weighted by Gasteiger charge is -2.18. The number of carbonyl (C=O) groups excluding carboxylic acids is 1. The number of nitrogens with two attached hydrogens (primary N) is 1. The first-order valence-electron chi connectivity index (χ1n) is 7.51. The Morgan fingerprint density at radius 2 is 2.08 bits per heavy atom. The van der Waals surface area contributed by atoms with Gasteiger partial charge in [0.05, 0.1) is 10.6 Å². The number of primary amides is 1. The number of rotatable bonds is 4. The van der Waals surface area contributed by atoms with E-state index in [1.807, 2.05) is 0 Å². The summed E-state index contributed by atoms with van der Waals surface area (Å²) in [7, 11) is -3.89. The number of carbonyl (C=O) groups is 1. The van der Waals surface area contributed by atoms with E-state index in [-0.39, 0.29) is 20.5 Å². The van der Waals surface area contributed by atoms with Gasteiger partial charge in [0.25, 0.3) is 15.9 Å². The number of nitrogens with one attached hydrogen (secondary N) is 1. The summed E-state index contributed by atoms with van der Waals surface area (Å²) in [4.78, 5) is 12.9. The molecule has 5 nitrogen and oxygen atoms in total. The van der Waals surface area contributed by atoms with E-state index in [1.54, 1.807) is 12.1 Å². The molecule has 3 rings (SSSR count). The van der Waals surface area contributed by atoms with Gasteiger partial charge in [0.1, 0.15) is 9.90 Å². The summed E-state index contributed by atoms with van der Waals surface area (Å²) in [6.07, 6.45) is 2.52. The van der Waals surface area contributed by atoms with E-state index in [4.69, 9.17) is 17.3 Å². The van der Waals surface area contributed by atoms with E-state index in [2.05, 4.69) is 11.6 Å². The number of halogens is 1. The van der Waals surface area contributed by atoms with Gasteiger partial charge in [0, 0.05) is 4.88 Å². The van der Waals surface area contributed by atoms with Gasteiger partial charge >= 0.3 is 0 Å². The quantitative estimate of drug-likeness (QED) is 0.846. The van der Waals surface area contributed by atoms with Crippen LogP contribution >= 0.6 is 22.9 Å². The molecule has 0 fully saturated rings. The van der Waals surface area contributed by atoms with E-state index < -0.39 is 15.9 Å². The molecule has 0 aliphatic heterocycles. The normalized spacial score (nSPS) is 17.3. The number of amides is 1.